The average molecular weight is 501 g/mol. The third-order valence-corrected chi connectivity index (χ3v) is 7.05. The number of methoxy groups -OCH3 is 1. The minimum Gasteiger partial charge on any atom is -0.497 e. The molecule has 0 saturated carbocycles. The van der Waals surface area contributed by atoms with Crippen LogP contribution >= 0.6 is 11.6 Å². The molecule has 6 nitrogen and oxygen atoms in total. The maximum absolute atomic E-state index is 13.2. The summed E-state index contributed by atoms with van der Waals surface area (Å²) in [4.78, 5) is 13.3. The lowest BCUT2D eigenvalue weighted by Crippen LogP contribution is -2.30. The number of halogens is 1. The predicted molar refractivity (Wildman–Crippen MR) is 136 cm³/mol. The first-order valence-corrected chi connectivity index (χ1v) is 12.8. The van der Waals surface area contributed by atoms with Crippen molar-refractivity contribution in [2.75, 3.05) is 11.8 Å². The maximum Gasteiger partial charge on any atom is 0.261 e. The molecule has 3 aromatic rings. The van der Waals surface area contributed by atoms with Gasteiger partial charge in [0.05, 0.1) is 28.6 Å². The smallest absolute Gasteiger partial charge is 0.261 e. The van der Waals surface area contributed by atoms with Crippen LogP contribution in [0, 0.1) is 12.8 Å². The van der Waals surface area contributed by atoms with Crippen LogP contribution < -0.4 is 14.8 Å². The number of ether oxygens (including phenoxy) is 1. The van der Waals surface area contributed by atoms with Crippen LogP contribution in [-0.2, 0) is 10.0 Å². The largest absolute Gasteiger partial charge is 0.497 e. The fourth-order valence-electron chi connectivity index (χ4n) is 3.52. The van der Waals surface area contributed by atoms with Gasteiger partial charge in [-0.15, -0.1) is 0 Å². The summed E-state index contributed by atoms with van der Waals surface area (Å²) in [6, 6.07) is 18.3. The number of carbonyl (C=O) groups excluding carboxylic acids is 1. The van der Waals surface area contributed by atoms with Gasteiger partial charge in [-0.3, -0.25) is 9.52 Å². The summed E-state index contributed by atoms with van der Waals surface area (Å²) in [5.74, 6) is 0.674. The normalized spacial score (nSPS) is 12.3. The van der Waals surface area contributed by atoms with E-state index in [9.17, 15) is 13.2 Å². The fraction of sp³-hybridized carbons (Fsp3) is 0.269. The van der Waals surface area contributed by atoms with Gasteiger partial charge in [-0.1, -0.05) is 55.3 Å². The SMILES string of the molecule is COc1ccc([C@H](CC(C)C)NC(=O)c2cc(NS(=O)(=O)c3ccc(C)cc3)ccc2Cl)cc1. The van der Waals surface area contributed by atoms with E-state index in [1.165, 1.54) is 30.3 Å². The number of hydrogen-bond acceptors (Lipinski definition) is 4. The first-order valence-electron chi connectivity index (χ1n) is 10.9. The lowest BCUT2D eigenvalue weighted by Gasteiger charge is -2.22. The maximum atomic E-state index is 13.2. The molecular weight excluding hydrogens is 472 g/mol. The molecular formula is C26H29ClN2O4S. The highest BCUT2D eigenvalue weighted by molar-refractivity contribution is 7.92. The first-order chi connectivity index (χ1) is 16.1. The number of hydrogen-bond donors (Lipinski definition) is 2. The lowest BCUT2D eigenvalue weighted by molar-refractivity contribution is 0.0932. The van der Waals surface area contributed by atoms with Crippen molar-refractivity contribution in [1.29, 1.82) is 0 Å². The Morgan fingerprint density at radius 3 is 2.24 bits per heavy atom. The molecule has 0 aliphatic heterocycles. The van der Waals surface area contributed by atoms with E-state index in [2.05, 4.69) is 23.9 Å². The minimum atomic E-state index is -3.81. The molecule has 1 atom stereocenters. The number of rotatable bonds is 9. The number of carbonyl (C=O) groups is 1. The summed E-state index contributed by atoms with van der Waals surface area (Å²) in [6.45, 7) is 6.04. The minimum absolute atomic E-state index is 0.135. The summed E-state index contributed by atoms with van der Waals surface area (Å²) < 4.78 is 33.3. The highest BCUT2D eigenvalue weighted by Crippen LogP contribution is 2.27. The van der Waals surface area contributed by atoms with Gasteiger partial charge in [-0.25, -0.2) is 8.42 Å². The first kappa shape index (κ1) is 25.6. The van der Waals surface area contributed by atoms with E-state index in [0.717, 1.165) is 23.3 Å². The molecule has 0 aliphatic rings. The van der Waals surface area contributed by atoms with Crippen LogP contribution in [0.4, 0.5) is 5.69 Å². The Bertz CT molecular complexity index is 1240. The zero-order valence-electron chi connectivity index (χ0n) is 19.6. The number of sulfonamides is 1. The highest BCUT2D eigenvalue weighted by atomic mass is 35.5. The van der Waals surface area contributed by atoms with Crippen molar-refractivity contribution in [3.8, 4) is 5.75 Å². The molecule has 0 spiro atoms. The quantitative estimate of drug-likeness (QED) is 0.378. The van der Waals surface area contributed by atoms with Crippen molar-refractivity contribution in [2.45, 2.75) is 38.1 Å². The highest BCUT2D eigenvalue weighted by Gasteiger charge is 2.21. The molecule has 1 amide bonds. The van der Waals surface area contributed by atoms with E-state index in [-0.39, 0.29) is 33.1 Å². The monoisotopic (exact) mass is 500 g/mol. The lowest BCUT2D eigenvalue weighted by atomic mass is 9.96. The van der Waals surface area contributed by atoms with E-state index in [1.807, 2.05) is 31.2 Å². The molecule has 34 heavy (non-hydrogen) atoms. The van der Waals surface area contributed by atoms with Gasteiger partial charge in [0.1, 0.15) is 5.75 Å². The molecule has 0 aliphatic carbocycles. The summed E-state index contributed by atoms with van der Waals surface area (Å²) in [5, 5.41) is 3.28. The Morgan fingerprint density at radius 2 is 1.65 bits per heavy atom. The second-order valence-corrected chi connectivity index (χ2v) is 10.6. The Labute approximate surface area is 206 Å². The molecule has 2 N–H and O–H groups in total. The van der Waals surface area contributed by atoms with E-state index < -0.39 is 10.0 Å². The van der Waals surface area contributed by atoms with Gasteiger partial charge < -0.3 is 10.1 Å². The number of aryl methyl sites for hydroxylation is 1. The van der Waals surface area contributed by atoms with Gasteiger partial charge in [0.15, 0.2) is 0 Å². The van der Waals surface area contributed by atoms with E-state index in [4.69, 9.17) is 16.3 Å². The van der Waals surface area contributed by atoms with Crippen LogP contribution in [0.1, 0.15) is 47.8 Å². The molecule has 0 fully saturated rings. The molecule has 0 heterocycles. The van der Waals surface area contributed by atoms with Crippen molar-refractivity contribution in [3.05, 3.63) is 88.4 Å². The summed E-state index contributed by atoms with van der Waals surface area (Å²) in [5.41, 5.74) is 2.33. The number of nitrogens with one attached hydrogen (secondary N) is 2. The van der Waals surface area contributed by atoms with Crippen molar-refractivity contribution in [3.63, 3.8) is 0 Å². The standard InChI is InChI=1S/C26H29ClN2O4S/c1-17(2)15-25(19-7-10-21(33-4)11-8-19)28-26(30)23-16-20(9-14-24(23)27)29-34(31,32)22-12-5-18(3)6-13-22/h5-14,16-17,25,29H,15H2,1-4H3,(H,28,30)/t25-/m0/s1. The zero-order chi connectivity index (χ0) is 24.9. The van der Waals surface area contributed by atoms with Crippen LogP contribution in [0.2, 0.25) is 5.02 Å². The number of benzene rings is 3. The summed E-state index contributed by atoms with van der Waals surface area (Å²) >= 11 is 6.32. The molecule has 0 radical (unpaired) electrons. The summed E-state index contributed by atoms with van der Waals surface area (Å²) in [6.07, 6.45) is 0.718. The van der Waals surface area contributed by atoms with Crippen LogP contribution in [0.3, 0.4) is 0 Å². The molecule has 3 aromatic carbocycles. The number of anilines is 1. The van der Waals surface area contributed by atoms with E-state index in [0.29, 0.717) is 5.92 Å². The second kappa shape index (κ2) is 10.9. The van der Waals surface area contributed by atoms with E-state index >= 15 is 0 Å². The van der Waals surface area contributed by atoms with Gasteiger partial charge >= 0.3 is 0 Å². The third-order valence-electron chi connectivity index (χ3n) is 5.33. The Balaban J connectivity index is 1.84. The van der Waals surface area contributed by atoms with Crippen LogP contribution in [-0.4, -0.2) is 21.4 Å². The molecule has 0 unspecified atom stereocenters. The van der Waals surface area contributed by atoms with Crippen molar-refractivity contribution < 1.29 is 17.9 Å². The van der Waals surface area contributed by atoms with Crippen molar-refractivity contribution >= 4 is 33.2 Å². The van der Waals surface area contributed by atoms with Gasteiger partial charge in [0, 0.05) is 5.69 Å². The van der Waals surface area contributed by atoms with Crippen LogP contribution in [0.15, 0.2) is 71.6 Å². The van der Waals surface area contributed by atoms with Gasteiger partial charge in [-0.2, -0.15) is 0 Å². The Morgan fingerprint density at radius 1 is 1.00 bits per heavy atom. The molecule has 0 aromatic heterocycles. The molecule has 0 bridgehead atoms. The van der Waals surface area contributed by atoms with Crippen LogP contribution in [0.5, 0.6) is 5.75 Å². The van der Waals surface area contributed by atoms with Gasteiger partial charge in [0.2, 0.25) is 0 Å². The van der Waals surface area contributed by atoms with Crippen molar-refractivity contribution in [1.82, 2.24) is 5.32 Å². The number of amides is 1. The zero-order valence-corrected chi connectivity index (χ0v) is 21.2. The summed E-state index contributed by atoms with van der Waals surface area (Å²) in [7, 11) is -2.21. The van der Waals surface area contributed by atoms with Crippen LogP contribution in [0.25, 0.3) is 0 Å². The third kappa shape index (κ3) is 6.52. The van der Waals surface area contributed by atoms with Crippen molar-refractivity contribution in [2.24, 2.45) is 5.92 Å². The Kier molecular flexibility index (Phi) is 8.23. The van der Waals surface area contributed by atoms with E-state index in [1.54, 1.807) is 19.2 Å². The van der Waals surface area contributed by atoms with Gasteiger partial charge in [0.25, 0.3) is 15.9 Å². The second-order valence-electron chi connectivity index (χ2n) is 8.54. The predicted octanol–water partition coefficient (Wildman–Crippen LogP) is 5.98. The fourth-order valence-corrected chi connectivity index (χ4v) is 4.77. The molecule has 180 valence electrons. The molecule has 0 saturated heterocycles. The topological polar surface area (TPSA) is 84.5 Å². The molecule has 8 heteroatoms. The molecule has 3 rings (SSSR count). The average Bonchev–Trinajstić information content (AvgIpc) is 2.79. The Hall–Kier alpha value is -3.03. The van der Waals surface area contributed by atoms with Gasteiger partial charge in [-0.05, 0) is 67.3 Å².